The second-order valence-corrected chi connectivity index (χ2v) is 4.40. The number of anilines is 1. The smallest absolute Gasteiger partial charge is 0.354 e. The van der Waals surface area contributed by atoms with Crippen LogP contribution in [0, 0.1) is 0 Å². The molecule has 0 saturated carbocycles. The molecule has 1 aromatic heterocycles. The van der Waals surface area contributed by atoms with E-state index in [9.17, 15) is 9.59 Å². The summed E-state index contributed by atoms with van der Waals surface area (Å²) in [5, 5.41) is 8.93. The van der Waals surface area contributed by atoms with Crippen molar-refractivity contribution in [2.45, 2.75) is 13.3 Å². The van der Waals surface area contributed by atoms with Gasteiger partial charge in [0.05, 0.1) is 6.54 Å². The van der Waals surface area contributed by atoms with Gasteiger partial charge in [0.2, 0.25) is 5.91 Å². The fraction of sp³-hybridized carbons (Fsp3) is 0.462. The third-order valence-electron chi connectivity index (χ3n) is 2.60. The Morgan fingerprint density at radius 1 is 1.32 bits per heavy atom. The summed E-state index contributed by atoms with van der Waals surface area (Å²) < 4.78 is 0. The van der Waals surface area contributed by atoms with E-state index in [0.717, 1.165) is 6.42 Å². The molecule has 0 aromatic carbocycles. The highest BCUT2D eigenvalue weighted by Gasteiger charge is 2.15. The molecule has 19 heavy (non-hydrogen) atoms. The summed E-state index contributed by atoms with van der Waals surface area (Å²) in [5.74, 6) is -0.606. The lowest BCUT2D eigenvalue weighted by Gasteiger charge is -2.24. The lowest BCUT2D eigenvalue weighted by molar-refractivity contribution is -0.127. The van der Waals surface area contributed by atoms with E-state index in [-0.39, 0.29) is 18.1 Å². The van der Waals surface area contributed by atoms with Crippen molar-refractivity contribution in [2.75, 3.05) is 32.1 Å². The summed E-state index contributed by atoms with van der Waals surface area (Å²) in [5.41, 5.74) is -0.0177. The van der Waals surface area contributed by atoms with Crippen LogP contribution in [0.2, 0.25) is 0 Å². The highest BCUT2D eigenvalue weighted by molar-refractivity contribution is 5.86. The minimum atomic E-state index is -1.07. The van der Waals surface area contributed by atoms with E-state index in [0.29, 0.717) is 12.4 Å². The van der Waals surface area contributed by atoms with Gasteiger partial charge in [-0.15, -0.1) is 0 Å². The molecular formula is C13H19N3O3. The molecule has 1 aromatic rings. The Bertz CT molecular complexity index is 460. The predicted molar refractivity (Wildman–Crippen MR) is 72.4 cm³/mol. The van der Waals surface area contributed by atoms with E-state index in [1.54, 1.807) is 31.1 Å². The number of rotatable bonds is 6. The lowest BCUT2D eigenvalue weighted by Crippen LogP contribution is -2.37. The Morgan fingerprint density at radius 2 is 2.00 bits per heavy atom. The number of likely N-dealkylation sites (N-methyl/N-ethyl adjacent to an activating group) is 1. The number of aromatic nitrogens is 1. The second-order valence-electron chi connectivity index (χ2n) is 4.40. The molecule has 1 rings (SSSR count). The molecule has 6 nitrogen and oxygen atoms in total. The van der Waals surface area contributed by atoms with Crippen LogP contribution >= 0.6 is 0 Å². The van der Waals surface area contributed by atoms with Crippen LogP contribution in [0.3, 0.4) is 0 Å². The SMILES string of the molecule is CCCN(CC(=O)N(C)C)c1cccc(C(=O)O)n1. The topological polar surface area (TPSA) is 73.7 Å². The van der Waals surface area contributed by atoms with E-state index in [1.165, 1.54) is 11.0 Å². The van der Waals surface area contributed by atoms with Crippen molar-refractivity contribution in [3.05, 3.63) is 23.9 Å². The van der Waals surface area contributed by atoms with Crippen molar-refractivity contribution in [1.82, 2.24) is 9.88 Å². The molecule has 0 spiro atoms. The maximum atomic E-state index is 11.8. The number of carbonyl (C=O) groups is 2. The van der Waals surface area contributed by atoms with Crippen molar-refractivity contribution < 1.29 is 14.7 Å². The van der Waals surface area contributed by atoms with Gasteiger partial charge in [-0.3, -0.25) is 4.79 Å². The van der Waals surface area contributed by atoms with Crippen LogP contribution in [-0.2, 0) is 4.79 Å². The minimum Gasteiger partial charge on any atom is -0.477 e. The van der Waals surface area contributed by atoms with Gasteiger partial charge in [-0.05, 0) is 18.6 Å². The van der Waals surface area contributed by atoms with E-state index < -0.39 is 5.97 Å². The van der Waals surface area contributed by atoms with Crippen LogP contribution in [0.4, 0.5) is 5.82 Å². The van der Waals surface area contributed by atoms with Crippen molar-refractivity contribution in [2.24, 2.45) is 0 Å². The standard InChI is InChI=1S/C13H19N3O3/c1-4-8-16(9-12(17)15(2)3)11-7-5-6-10(14-11)13(18)19/h5-7H,4,8-9H2,1-3H3,(H,18,19). The second kappa shape index (κ2) is 6.72. The van der Waals surface area contributed by atoms with Crippen LogP contribution in [0.25, 0.3) is 0 Å². The van der Waals surface area contributed by atoms with E-state index in [2.05, 4.69) is 4.98 Å². The first-order valence-electron chi connectivity index (χ1n) is 6.11. The maximum absolute atomic E-state index is 11.8. The summed E-state index contributed by atoms with van der Waals surface area (Å²) in [7, 11) is 3.38. The highest BCUT2D eigenvalue weighted by Crippen LogP contribution is 2.12. The third-order valence-corrected chi connectivity index (χ3v) is 2.60. The van der Waals surface area contributed by atoms with Gasteiger partial charge < -0.3 is 14.9 Å². The molecule has 0 bridgehead atoms. The summed E-state index contributed by atoms with van der Waals surface area (Å²) >= 11 is 0. The first-order valence-corrected chi connectivity index (χ1v) is 6.11. The summed E-state index contributed by atoms with van der Waals surface area (Å²) in [4.78, 5) is 30.0. The van der Waals surface area contributed by atoms with Crippen LogP contribution in [0.5, 0.6) is 0 Å². The largest absolute Gasteiger partial charge is 0.477 e. The number of pyridine rings is 1. The molecule has 104 valence electrons. The fourth-order valence-corrected chi connectivity index (χ4v) is 1.57. The minimum absolute atomic E-state index is 0.0177. The van der Waals surface area contributed by atoms with Crippen molar-refractivity contribution in [3.63, 3.8) is 0 Å². The number of carboxylic acids is 1. The Hall–Kier alpha value is -2.11. The molecule has 0 saturated heterocycles. The molecule has 0 atom stereocenters. The van der Waals surface area contributed by atoms with Crippen LogP contribution in [0.1, 0.15) is 23.8 Å². The predicted octanol–water partition coefficient (Wildman–Crippen LogP) is 1.08. The third kappa shape index (κ3) is 4.24. The van der Waals surface area contributed by atoms with Gasteiger partial charge in [0.25, 0.3) is 0 Å². The summed E-state index contributed by atoms with van der Waals surface area (Å²) in [6, 6.07) is 4.78. The molecule has 1 heterocycles. The van der Waals surface area contributed by atoms with E-state index >= 15 is 0 Å². The van der Waals surface area contributed by atoms with E-state index in [4.69, 9.17) is 5.11 Å². The molecule has 0 unspecified atom stereocenters. The first kappa shape index (κ1) is 14.9. The number of carbonyl (C=O) groups excluding carboxylic acids is 1. The number of hydrogen-bond acceptors (Lipinski definition) is 4. The molecule has 0 aliphatic carbocycles. The molecule has 0 radical (unpaired) electrons. The first-order chi connectivity index (χ1) is 8.95. The van der Waals surface area contributed by atoms with Gasteiger partial charge in [0.15, 0.2) is 5.69 Å². The van der Waals surface area contributed by atoms with Crippen molar-refractivity contribution in [1.29, 1.82) is 0 Å². The van der Waals surface area contributed by atoms with Gasteiger partial charge in [0.1, 0.15) is 5.82 Å². The molecule has 0 aliphatic rings. The van der Waals surface area contributed by atoms with Gasteiger partial charge in [-0.1, -0.05) is 13.0 Å². The van der Waals surface area contributed by atoms with Gasteiger partial charge in [-0.2, -0.15) is 0 Å². The summed E-state index contributed by atoms with van der Waals surface area (Å²) in [6.45, 7) is 2.83. The number of carboxylic acid groups (broad SMARTS) is 1. The Balaban J connectivity index is 2.95. The van der Waals surface area contributed by atoms with Gasteiger partial charge in [0, 0.05) is 20.6 Å². The Labute approximate surface area is 112 Å². The number of hydrogen-bond donors (Lipinski definition) is 1. The lowest BCUT2D eigenvalue weighted by atomic mass is 10.3. The number of amides is 1. The van der Waals surface area contributed by atoms with Crippen molar-refractivity contribution >= 4 is 17.7 Å². The highest BCUT2D eigenvalue weighted by atomic mass is 16.4. The van der Waals surface area contributed by atoms with Crippen LogP contribution < -0.4 is 4.90 Å². The maximum Gasteiger partial charge on any atom is 0.354 e. The van der Waals surface area contributed by atoms with Crippen LogP contribution in [0.15, 0.2) is 18.2 Å². The average molecular weight is 265 g/mol. The molecule has 6 heteroatoms. The average Bonchev–Trinajstić information content (AvgIpc) is 2.38. The van der Waals surface area contributed by atoms with Gasteiger partial charge in [-0.25, -0.2) is 9.78 Å². The number of aromatic carboxylic acids is 1. The molecular weight excluding hydrogens is 246 g/mol. The zero-order valence-corrected chi connectivity index (χ0v) is 11.5. The molecule has 1 amide bonds. The zero-order chi connectivity index (χ0) is 14.4. The van der Waals surface area contributed by atoms with E-state index in [1.807, 2.05) is 6.92 Å². The molecule has 1 N–H and O–H groups in total. The fourth-order valence-electron chi connectivity index (χ4n) is 1.57. The Morgan fingerprint density at radius 3 is 2.53 bits per heavy atom. The quantitative estimate of drug-likeness (QED) is 0.833. The van der Waals surface area contributed by atoms with Gasteiger partial charge >= 0.3 is 5.97 Å². The summed E-state index contributed by atoms with van der Waals surface area (Å²) in [6.07, 6.45) is 0.847. The normalized spacial score (nSPS) is 10.1. The van der Waals surface area contributed by atoms with Crippen molar-refractivity contribution in [3.8, 4) is 0 Å². The monoisotopic (exact) mass is 265 g/mol. The zero-order valence-electron chi connectivity index (χ0n) is 11.5. The number of nitrogens with zero attached hydrogens (tertiary/aromatic N) is 3. The van der Waals surface area contributed by atoms with Crippen LogP contribution in [-0.4, -0.2) is 54.1 Å². The molecule has 0 aliphatic heterocycles. The Kier molecular flexibility index (Phi) is 5.29. The molecule has 0 fully saturated rings.